The van der Waals surface area contributed by atoms with Gasteiger partial charge in [0.25, 0.3) is 0 Å². The van der Waals surface area contributed by atoms with Gasteiger partial charge in [0.2, 0.25) is 6.41 Å². The summed E-state index contributed by atoms with van der Waals surface area (Å²) in [6.45, 7) is 2.66. The molecule has 3 aromatic carbocycles. The van der Waals surface area contributed by atoms with Crippen molar-refractivity contribution in [2.45, 2.75) is 19.5 Å². The lowest BCUT2D eigenvalue weighted by molar-refractivity contribution is -0.110. The van der Waals surface area contributed by atoms with Crippen molar-refractivity contribution in [1.29, 1.82) is 0 Å². The zero-order valence-corrected chi connectivity index (χ0v) is 14.0. The molecule has 1 N–H and O–H groups in total. The summed E-state index contributed by atoms with van der Waals surface area (Å²) in [4.78, 5) is 15.6. The van der Waals surface area contributed by atoms with Crippen molar-refractivity contribution in [1.82, 2.24) is 14.9 Å². The van der Waals surface area contributed by atoms with E-state index in [1.54, 1.807) is 0 Å². The summed E-state index contributed by atoms with van der Waals surface area (Å²) in [7, 11) is 0. The molecule has 0 radical (unpaired) electrons. The number of hydrogen-bond donors (Lipinski definition) is 1. The van der Waals surface area contributed by atoms with Crippen molar-refractivity contribution < 1.29 is 4.79 Å². The van der Waals surface area contributed by atoms with Crippen LogP contribution < -0.4 is 5.32 Å². The minimum absolute atomic E-state index is 0.148. The van der Waals surface area contributed by atoms with E-state index in [1.165, 1.54) is 16.3 Å². The molecule has 0 aliphatic carbocycles. The Morgan fingerprint density at radius 3 is 2.64 bits per heavy atom. The number of nitrogens with one attached hydrogen (secondary N) is 1. The number of nitrogens with zero attached hydrogens (tertiary/aromatic N) is 2. The molecule has 1 aromatic heterocycles. The lowest BCUT2D eigenvalue weighted by Gasteiger charge is -2.14. The molecule has 0 saturated carbocycles. The lowest BCUT2D eigenvalue weighted by atomic mass is 10.1. The second-order valence-electron chi connectivity index (χ2n) is 6.23. The van der Waals surface area contributed by atoms with E-state index in [4.69, 9.17) is 4.98 Å². The van der Waals surface area contributed by atoms with Crippen molar-refractivity contribution in [3.05, 3.63) is 78.1 Å². The number of aromatic nitrogens is 2. The highest BCUT2D eigenvalue weighted by Crippen LogP contribution is 2.23. The molecule has 4 heteroatoms. The van der Waals surface area contributed by atoms with Crippen molar-refractivity contribution in [3.63, 3.8) is 0 Å². The molecule has 124 valence electrons. The predicted molar refractivity (Wildman–Crippen MR) is 100 cm³/mol. The molecule has 1 atom stereocenters. The fraction of sp³-hybridized carbons (Fsp3) is 0.143. The predicted octanol–water partition coefficient (Wildman–Crippen LogP) is 4.04. The minimum atomic E-state index is -0.148. The van der Waals surface area contributed by atoms with Crippen LogP contribution in [0.5, 0.6) is 0 Å². The maximum Gasteiger partial charge on any atom is 0.207 e. The normalized spacial score (nSPS) is 12.4. The third-order valence-electron chi connectivity index (χ3n) is 4.54. The number of hydrogen-bond acceptors (Lipinski definition) is 2. The van der Waals surface area contributed by atoms with Gasteiger partial charge in [-0.15, -0.1) is 0 Å². The Morgan fingerprint density at radius 1 is 1.04 bits per heavy atom. The number of fused-ring (bicyclic) bond motifs is 2. The van der Waals surface area contributed by atoms with Gasteiger partial charge in [0.1, 0.15) is 5.82 Å². The van der Waals surface area contributed by atoms with Gasteiger partial charge in [-0.1, -0.05) is 48.5 Å². The molecule has 4 rings (SSSR count). The average Bonchev–Trinajstić information content (AvgIpc) is 3.01. The van der Waals surface area contributed by atoms with Crippen LogP contribution >= 0.6 is 0 Å². The van der Waals surface area contributed by atoms with Gasteiger partial charge < -0.3 is 9.88 Å². The monoisotopic (exact) mass is 329 g/mol. The van der Waals surface area contributed by atoms with Crippen LogP contribution in [0.25, 0.3) is 21.8 Å². The molecular formula is C21H19N3O. The van der Waals surface area contributed by atoms with Crippen LogP contribution in [-0.2, 0) is 11.3 Å². The first-order valence-corrected chi connectivity index (χ1v) is 8.39. The maximum atomic E-state index is 10.9. The molecule has 0 bridgehead atoms. The molecule has 0 spiro atoms. The number of amides is 1. The first kappa shape index (κ1) is 15.4. The van der Waals surface area contributed by atoms with Crippen LogP contribution in [0.15, 0.2) is 66.7 Å². The summed E-state index contributed by atoms with van der Waals surface area (Å²) in [5.74, 6) is 0.862. The van der Waals surface area contributed by atoms with Gasteiger partial charge >= 0.3 is 0 Å². The van der Waals surface area contributed by atoms with Gasteiger partial charge in [0.05, 0.1) is 17.1 Å². The minimum Gasteiger partial charge on any atom is -0.349 e. The van der Waals surface area contributed by atoms with E-state index in [0.29, 0.717) is 6.54 Å². The molecule has 0 aliphatic heterocycles. The van der Waals surface area contributed by atoms with E-state index in [1.807, 2.05) is 25.1 Å². The second-order valence-corrected chi connectivity index (χ2v) is 6.23. The number of imidazole rings is 1. The van der Waals surface area contributed by atoms with E-state index in [-0.39, 0.29) is 6.04 Å². The van der Waals surface area contributed by atoms with E-state index < -0.39 is 0 Å². The van der Waals surface area contributed by atoms with Crippen molar-refractivity contribution in [2.75, 3.05) is 0 Å². The van der Waals surface area contributed by atoms with Crippen molar-refractivity contribution >= 4 is 28.2 Å². The summed E-state index contributed by atoms with van der Waals surface area (Å²) < 4.78 is 2.18. The van der Waals surface area contributed by atoms with Gasteiger partial charge in [-0.05, 0) is 41.5 Å². The fourth-order valence-corrected chi connectivity index (χ4v) is 3.29. The first-order chi connectivity index (χ1) is 12.3. The molecule has 1 heterocycles. The van der Waals surface area contributed by atoms with Crippen LogP contribution in [-0.4, -0.2) is 16.0 Å². The number of carbonyl (C=O) groups is 1. The number of carbonyl (C=O) groups excluding carboxylic acids is 1. The molecule has 0 aliphatic rings. The quantitative estimate of drug-likeness (QED) is 0.562. The van der Waals surface area contributed by atoms with Gasteiger partial charge in [-0.2, -0.15) is 0 Å². The molecule has 4 aromatic rings. The van der Waals surface area contributed by atoms with Crippen LogP contribution in [0.4, 0.5) is 0 Å². The molecule has 0 fully saturated rings. The third kappa shape index (κ3) is 2.87. The van der Waals surface area contributed by atoms with Crippen LogP contribution in [0.1, 0.15) is 24.4 Å². The molecular weight excluding hydrogens is 310 g/mol. The summed E-state index contributed by atoms with van der Waals surface area (Å²) in [6.07, 6.45) is 0.727. The fourth-order valence-electron chi connectivity index (χ4n) is 3.29. The number of rotatable bonds is 5. The Labute approximate surface area is 146 Å². The molecule has 0 saturated heterocycles. The SMILES string of the molecule is CC(NC=O)c1nc2ccccc2n1Cc1ccc2ccccc2c1. The van der Waals surface area contributed by atoms with E-state index in [9.17, 15) is 4.79 Å². The Hall–Kier alpha value is -3.14. The highest BCUT2D eigenvalue weighted by molar-refractivity contribution is 5.83. The zero-order chi connectivity index (χ0) is 17.2. The Kier molecular flexibility index (Phi) is 3.94. The van der Waals surface area contributed by atoms with E-state index in [2.05, 4.69) is 58.4 Å². The summed E-state index contributed by atoms with van der Waals surface area (Å²) in [5, 5.41) is 5.28. The topological polar surface area (TPSA) is 46.9 Å². The second kappa shape index (κ2) is 6.40. The average molecular weight is 329 g/mol. The van der Waals surface area contributed by atoms with E-state index in [0.717, 1.165) is 23.3 Å². The van der Waals surface area contributed by atoms with Gasteiger partial charge in [-0.25, -0.2) is 4.98 Å². The lowest BCUT2D eigenvalue weighted by Crippen LogP contribution is -2.20. The molecule has 4 nitrogen and oxygen atoms in total. The van der Waals surface area contributed by atoms with Crippen molar-refractivity contribution in [2.24, 2.45) is 0 Å². The molecule has 25 heavy (non-hydrogen) atoms. The Bertz CT molecular complexity index is 1050. The van der Waals surface area contributed by atoms with Gasteiger partial charge in [-0.3, -0.25) is 4.79 Å². The Morgan fingerprint density at radius 2 is 1.80 bits per heavy atom. The zero-order valence-electron chi connectivity index (χ0n) is 14.0. The highest BCUT2D eigenvalue weighted by Gasteiger charge is 2.16. The first-order valence-electron chi connectivity index (χ1n) is 8.39. The summed E-state index contributed by atoms with van der Waals surface area (Å²) in [6, 6.07) is 22.8. The number of benzene rings is 3. The van der Waals surface area contributed by atoms with E-state index >= 15 is 0 Å². The number of para-hydroxylation sites is 2. The van der Waals surface area contributed by atoms with Crippen LogP contribution in [0.2, 0.25) is 0 Å². The molecule has 1 amide bonds. The third-order valence-corrected chi connectivity index (χ3v) is 4.54. The van der Waals surface area contributed by atoms with Crippen LogP contribution in [0.3, 0.4) is 0 Å². The maximum absolute atomic E-state index is 10.9. The van der Waals surface area contributed by atoms with Crippen LogP contribution in [0, 0.1) is 0 Å². The van der Waals surface area contributed by atoms with Crippen molar-refractivity contribution in [3.8, 4) is 0 Å². The smallest absolute Gasteiger partial charge is 0.207 e. The Balaban J connectivity index is 1.80. The molecule has 1 unspecified atom stereocenters. The van der Waals surface area contributed by atoms with Gasteiger partial charge in [0.15, 0.2) is 0 Å². The highest BCUT2D eigenvalue weighted by atomic mass is 16.1. The van der Waals surface area contributed by atoms with Gasteiger partial charge in [0, 0.05) is 6.54 Å². The summed E-state index contributed by atoms with van der Waals surface area (Å²) >= 11 is 0. The largest absolute Gasteiger partial charge is 0.349 e. The summed E-state index contributed by atoms with van der Waals surface area (Å²) in [5.41, 5.74) is 3.23. The standard InChI is InChI=1S/C21H19N3O/c1-15(22-14-25)21-23-19-8-4-5-9-20(19)24(21)13-16-10-11-17-6-2-3-7-18(17)12-16/h2-12,14-15H,13H2,1H3,(H,22,25).